The molecular formula is C18H15F6NO2. The average Bonchev–Trinajstić information content (AvgIpc) is 2.58. The largest absolute Gasteiger partial charge is 0.457 e. The van der Waals surface area contributed by atoms with Crippen LogP contribution in [0.2, 0.25) is 0 Å². The van der Waals surface area contributed by atoms with Crippen molar-refractivity contribution in [2.45, 2.75) is 18.8 Å². The quantitative estimate of drug-likeness (QED) is 0.628. The van der Waals surface area contributed by atoms with Gasteiger partial charge in [0.15, 0.2) is 0 Å². The summed E-state index contributed by atoms with van der Waals surface area (Å²) in [7, 11) is 1.23. The number of amides is 1. The molecule has 146 valence electrons. The van der Waals surface area contributed by atoms with Gasteiger partial charge in [0.2, 0.25) is 0 Å². The van der Waals surface area contributed by atoms with Crippen LogP contribution < -0.4 is 4.74 Å². The van der Waals surface area contributed by atoms with E-state index < -0.39 is 36.8 Å². The van der Waals surface area contributed by atoms with Crippen LogP contribution in [0.4, 0.5) is 26.3 Å². The molecule has 0 bridgehead atoms. The van der Waals surface area contributed by atoms with Crippen molar-refractivity contribution in [2.24, 2.45) is 0 Å². The lowest BCUT2D eigenvalue weighted by atomic mass is 10.2. The van der Waals surface area contributed by atoms with Crippen molar-refractivity contribution in [3.05, 3.63) is 59.7 Å². The van der Waals surface area contributed by atoms with Crippen molar-refractivity contribution < 1.29 is 35.9 Å². The number of carbonyl (C=O) groups excluding carboxylic acids is 1. The molecular weight excluding hydrogens is 376 g/mol. The van der Waals surface area contributed by atoms with Gasteiger partial charge in [-0.3, -0.25) is 4.79 Å². The summed E-state index contributed by atoms with van der Waals surface area (Å²) in [5.74, 6) is -0.655. The molecule has 9 heteroatoms. The van der Waals surface area contributed by atoms with Gasteiger partial charge in [-0.25, -0.2) is 0 Å². The van der Waals surface area contributed by atoms with Crippen molar-refractivity contribution in [3.8, 4) is 11.5 Å². The Kier molecular flexibility index (Phi) is 6.02. The molecule has 0 N–H and O–H groups in total. The Morgan fingerprint density at radius 3 is 2.15 bits per heavy atom. The summed E-state index contributed by atoms with van der Waals surface area (Å²) in [4.78, 5) is 13.1. The molecule has 0 unspecified atom stereocenters. The van der Waals surface area contributed by atoms with E-state index in [0.29, 0.717) is 0 Å². The minimum atomic E-state index is -4.53. The van der Waals surface area contributed by atoms with E-state index in [0.717, 1.165) is 17.0 Å². The number of nitrogens with zero attached hydrogens (tertiary/aromatic N) is 1. The number of rotatable bonds is 5. The highest BCUT2D eigenvalue weighted by molar-refractivity contribution is 5.94. The smallest absolute Gasteiger partial charge is 0.416 e. The zero-order valence-corrected chi connectivity index (χ0v) is 14.1. The van der Waals surface area contributed by atoms with Crippen LogP contribution in [0.15, 0.2) is 48.5 Å². The van der Waals surface area contributed by atoms with Gasteiger partial charge >= 0.3 is 12.4 Å². The Balaban J connectivity index is 2.12. The molecule has 0 heterocycles. The summed E-state index contributed by atoms with van der Waals surface area (Å²) >= 11 is 0. The Bertz CT molecular complexity index is 801. The fraction of sp³-hybridized carbons (Fsp3) is 0.278. The molecule has 2 aromatic carbocycles. The predicted molar refractivity (Wildman–Crippen MR) is 85.6 cm³/mol. The summed E-state index contributed by atoms with van der Waals surface area (Å²) in [5, 5.41) is 0. The number of benzene rings is 2. The van der Waals surface area contributed by atoms with Gasteiger partial charge in [0.25, 0.3) is 5.91 Å². The van der Waals surface area contributed by atoms with Crippen LogP contribution in [0.3, 0.4) is 0 Å². The van der Waals surface area contributed by atoms with Gasteiger partial charge in [0.05, 0.1) is 12.0 Å². The number of hydrogen-bond acceptors (Lipinski definition) is 2. The second-order valence-electron chi connectivity index (χ2n) is 5.75. The lowest BCUT2D eigenvalue weighted by molar-refractivity contribution is -0.138. The minimum Gasteiger partial charge on any atom is -0.457 e. The molecule has 0 atom stereocenters. The average molecular weight is 391 g/mol. The van der Waals surface area contributed by atoms with Gasteiger partial charge in [-0.05, 0) is 36.4 Å². The lowest BCUT2D eigenvalue weighted by Gasteiger charge is -2.18. The minimum absolute atomic E-state index is 0.0594. The Morgan fingerprint density at radius 1 is 0.963 bits per heavy atom. The second-order valence-corrected chi connectivity index (χ2v) is 5.75. The van der Waals surface area contributed by atoms with Crippen molar-refractivity contribution in [1.29, 1.82) is 0 Å². The summed E-state index contributed by atoms with van der Waals surface area (Å²) in [6.45, 7) is -0.513. The highest BCUT2D eigenvalue weighted by Gasteiger charge is 2.31. The van der Waals surface area contributed by atoms with Crippen LogP contribution in [0.25, 0.3) is 0 Å². The molecule has 0 fully saturated rings. The molecule has 0 aliphatic heterocycles. The summed E-state index contributed by atoms with van der Waals surface area (Å²) in [5.41, 5.74) is -0.830. The van der Waals surface area contributed by atoms with Gasteiger partial charge in [-0.15, -0.1) is 0 Å². The zero-order valence-electron chi connectivity index (χ0n) is 14.1. The van der Waals surface area contributed by atoms with E-state index in [4.69, 9.17) is 4.74 Å². The predicted octanol–water partition coefficient (Wildman–Crippen LogP) is 5.52. The SMILES string of the molecule is CN(CCC(F)(F)F)C(=O)c1cccc(Oc2cccc(C(F)(F)F)c2)c1. The van der Waals surface area contributed by atoms with Crippen molar-refractivity contribution in [1.82, 2.24) is 4.90 Å². The van der Waals surface area contributed by atoms with E-state index in [1.807, 2.05) is 0 Å². The van der Waals surface area contributed by atoms with E-state index >= 15 is 0 Å². The fourth-order valence-corrected chi connectivity index (χ4v) is 2.18. The molecule has 0 saturated carbocycles. The first kappa shape index (κ1) is 20.6. The molecule has 0 aliphatic carbocycles. The number of alkyl halides is 6. The molecule has 2 rings (SSSR count). The van der Waals surface area contributed by atoms with Crippen molar-refractivity contribution in [3.63, 3.8) is 0 Å². The molecule has 0 aromatic heterocycles. The zero-order chi connectivity index (χ0) is 20.2. The highest BCUT2D eigenvalue weighted by Crippen LogP contribution is 2.32. The molecule has 0 spiro atoms. The third-order valence-corrected chi connectivity index (χ3v) is 3.56. The number of hydrogen-bond donors (Lipinski definition) is 0. The molecule has 1 amide bonds. The lowest BCUT2D eigenvalue weighted by Crippen LogP contribution is -2.30. The van der Waals surface area contributed by atoms with Crippen LogP contribution in [-0.4, -0.2) is 30.6 Å². The fourth-order valence-electron chi connectivity index (χ4n) is 2.18. The molecule has 3 nitrogen and oxygen atoms in total. The van der Waals surface area contributed by atoms with Crippen molar-refractivity contribution >= 4 is 5.91 Å². The highest BCUT2D eigenvalue weighted by atomic mass is 19.4. The second kappa shape index (κ2) is 7.89. The number of carbonyl (C=O) groups is 1. The number of halogens is 6. The Labute approximate surface area is 151 Å². The monoisotopic (exact) mass is 391 g/mol. The van der Waals surface area contributed by atoms with Gasteiger partial charge < -0.3 is 9.64 Å². The summed E-state index contributed by atoms with van der Waals surface area (Å²) in [6, 6.07) is 9.68. The van der Waals surface area contributed by atoms with Gasteiger partial charge in [0.1, 0.15) is 11.5 Å². The molecule has 0 radical (unpaired) electrons. The van der Waals surface area contributed by atoms with E-state index in [9.17, 15) is 31.1 Å². The standard InChI is InChI=1S/C18H15F6NO2/c1-25(9-8-17(19,20)21)16(26)12-4-2-6-14(10-12)27-15-7-3-5-13(11-15)18(22,23)24/h2-7,10-11H,8-9H2,1H3. The normalized spacial score (nSPS) is 12.0. The molecule has 0 aliphatic rings. The van der Waals surface area contributed by atoms with Gasteiger partial charge in [-0.2, -0.15) is 26.3 Å². The van der Waals surface area contributed by atoms with Gasteiger partial charge in [0, 0.05) is 19.2 Å². The first-order valence-electron chi connectivity index (χ1n) is 7.73. The topological polar surface area (TPSA) is 29.5 Å². The van der Waals surface area contributed by atoms with Crippen LogP contribution >= 0.6 is 0 Å². The van der Waals surface area contributed by atoms with Crippen LogP contribution in [-0.2, 0) is 6.18 Å². The van der Waals surface area contributed by atoms with E-state index in [-0.39, 0.29) is 17.1 Å². The Hall–Kier alpha value is -2.71. The summed E-state index contributed by atoms with van der Waals surface area (Å²) < 4.78 is 80.4. The van der Waals surface area contributed by atoms with E-state index in [1.165, 1.54) is 43.4 Å². The third kappa shape index (κ3) is 6.19. The molecule has 2 aromatic rings. The molecule has 27 heavy (non-hydrogen) atoms. The maximum Gasteiger partial charge on any atom is 0.416 e. The first-order chi connectivity index (χ1) is 12.5. The van der Waals surface area contributed by atoms with E-state index in [1.54, 1.807) is 0 Å². The third-order valence-electron chi connectivity index (χ3n) is 3.56. The summed E-state index contributed by atoms with van der Waals surface area (Å²) in [6.07, 6.45) is -10.1. The van der Waals surface area contributed by atoms with Crippen LogP contribution in [0.1, 0.15) is 22.3 Å². The maximum atomic E-state index is 12.7. The van der Waals surface area contributed by atoms with Gasteiger partial charge in [-0.1, -0.05) is 12.1 Å². The van der Waals surface area contributed by atoms with Crippen LogP contribution in [0.5, 0.6) is 11.5 Å². The Morgan fingerprint density at radius 2 is 1.56 bits per heavy atom. The first-order valence-corrected chi connectivity index (χ1v) is 7.73. The van der Waals surface area contributed by atoms with E-state index in [2.05, 4.69) is 0 Å². The maximum absolute atomic E-state index is 12.7. The molecule has 0 saturated heterocycles. The number of ether oxygens (including phenoxy) is 1. The van der Waals surface area contributed by atoms with Crippen LogP contribution in [0, 0.1) is 0 Å². The van der Waals surface area contributed by atoms with Crippen molar-refractivity contribution in [2.75, 3.05) is 13.6 Å².